The van der Waals surface area contributed by atoms with Crippen molar-refractivity contribution in [2.75, 3.05) is 33.0 Å². The van der Waals surface area contributed by atoms with Crippen molar-refractivity contribution < 1.29 is 14.3 Å². The van der Waals surface area contributed by atoms with Crippen LogP contribution in [0, 0.1) is 0 Å². The van der Waals surface area contributed by atoms with Gasteiger partial charge in [-0.25, -0.2) is 9.78 Å². The maximum absolute atomic E-state index is 11.5. The van der Waals surface area contributed by atoms with Crippen molar-refractivity contribution in [3.05, 3.63) is 17.8 Å². The van der Waals surface area contributed by atoms with Crippen molar-refractivity contribution in [1.82, 2.24) is 9.88 Å². The van der Waals surface area contributed by atoms with Gasteiger partial charge in [0.05, 0.1) is 19.3 Å². The van der Waals surface area contributed by atoms with E-state index in [1.54, 1.807) is 0 Å². The first kappa shape index (κ1) is 14.6. The van der Waals surface area contributed by atoms with Crippen LogP contribution in [0.3, 0.4) is 0 Å². The Morgan fingerprint density at radius 2 is 2.40 bits per heavy atom. The highest BCUT2D eigenvalue weighted by Gasteiger charge is 2.21. The molecule has 1 aromatic heterocycles. The number of aromatic nitrogens is 1. The highest BCUT2D eigenvalue weighted by atomic mass is 16.5. The standard InChI is InChI=1S/C14H21N3O3/c1-17-8-3-4-10(17)6-9-20-13-12(15)11(5-7-16-13)14(18)19-2/h5,7,10H,3-4,6,8-9,15H2,1-2H3. The van der Waals surface area contributed by atoms with E-state index in [0.717, 1.165) is 13.0 Å². The maximum Gasteiger partial charge on any atom is 0.340 e. The number of nitrogen functional groups attached to an aromatic ring is 1. The van der Waals surface area contributed by atoms with Crippen LogP contribution in [-0.2, 0) is 4.74 Å². The van der Waals surface area contributed by atoms with Gasteiger partial charge in [-0.3, -0.25) is 0 Å². The van der Waals surface area contributed by atoms with Crippen LogP contribution in [0.1, 0.15) is 29.6 Å². The molecule has 1 aromatic rings. The van der Waals surface area contributed by atoms with Crippen molar-refractivity contribution >= 4 is 11.7 Å². The molecule has 0 spiro atoms. The number of methoxy groups -OCH3 is 1. The fourth-order valence-corrected chi connectivity index (χ4v) is 2.49. The van der Waals surface area contributed by atoms with Crippen LogP contribution < -0.4 is 10.5 Å². The Labute approximate surface area is 118 Å². The van der Waals surface area contributed by atoms with Gasteiger partial charge in [0, 0.05) is 12.2 Å². The normalized spacial score (nSPS) is 19.0. The van der Waals surface area contributed by atoms with Crippen LogP contribution in [0.4, 0.5) is 5.69 Å². The first-order chi connectivity index (χ1) is 9.63. The second kappa shape index (κ2) is 6.56. The summed E-state index contributed by atoms with van der Waals surface area (Å²) in [5, 5.41) is 0. The minimum atomic E-state index is -0.481. The number of ether oxygens (including phenoxy) is 2. The number of carbonyl (C=O) groups excluding carboxylic acids is 1. The van der Waals surface area contributed by atoms with Crippen LogP contribution >= 0.6 is 0 Å². The minimum absolute atomic E-state index is 0.235. The number of esters is 1. The van der Waals surface area contributed by atoms with Gasteiger partial charge >= 0.3 is 5.97 Å². The van der Waals surface area contributed by atoms with Crippen molar-refractivity contribution in [2.24, 2.45) is 0 Å². The summed E-state index contributed by atoms with van der Waals surface area (Å²) in [7, 11) is 3.45. The van der Waals surface area contributed by atoms with Crippen molar-refractivity contribution in [3.63, 3.8) is 0 Å². The third kappa shape index (κ3) is 3.19. The molecule has 1 fully saturated rings. The van der Waals surface area contributed by atoms with Gasteiger partial charge in [-0.1, -0.05) is 0 Å². The fourth-order valence-electron chi connectivity index (χ4n) is 2.49. The van der Waals surface area contributed by atoms with Gasteiger partial charge in [0.15, 0.2) is 0 Å². The van der Waals surface area contributed by atoms with Crippen molar-refractivity contribution in [2.45, 2.75) is 25.3 Å². The molecule has 1 aliphatic heterocycles. The number of nitrogens with two attached hydrogens (primary N) is 1. The van der Waals surface area contributed by atoms with Gasteiger partial charge in [-0.2, -0.15) is 0 Å². The van der Waals surface area contributed by atoms with Crippen LogP contribution in [0.2, 0.25) is 0 Å². The summed E-state index contributed by atoms with van der Waals surface area (Å²) in [5.41, 5.74) is 6.41. The topological polar surface area (TPSA) is 77.7 Å². The molecule has 1 unspecified atom stereocenters. The molecule has 0 amide bonds. The summed E-state index contributed by atoms with van der Waals surface area (Å²) in [4.78, 5) is 17.9. The zero-order valence-electron chi connectivity index (χ0n) is 12.0. The predicted octanol–water partition coefficient (Wildman–Crippen LogP) is 1.31. The van der Waals surface area contributed by atoms with Gasteiger partial charge < -0.3 is 20.1 Å². The first-order valence-electron chi connectivity index (χ1n) is 6.79. The van der Waals surface area contributed by atoms with Gasteiger partial charge in [0.25, 0.3) is 0 Å². The highest BCUT2D eigenvalue weighted by molar-refractivity contribution is 5.95. The molecule has 1 saturated heterocycles. The lowest BCUT2D eigenvalue weighted by molar-refractivity contribution is 0.0601. The molecule has 2 rings (SSSR count). The van der Waals surface area contributed by atoms with E-state index in [-0.39, 0.29) is 11.3 Å². The molecule has 1 aliphatic rings. The average molecular weight is 279 g/mol. The number of nitrogens with zero attached hydrogens (tertiary/aromatic N) is 2. The molecule has 2 N–H and O–H groups in total. The lowest BCUT2D eigenvalue weighted by Gasteiger charge is -2.19. The second-order valence-corrected chi connectivity index (χ2v) is 4.98. The van der Waals surface area contributed by atoms with E-state index in [1.807, 2.05) is 0 Å². The number of carbonyl (C=O) groups is 1. The SMILES string of the molecule is COC(=O)c1ccnc(OCCC2CCCN2C)c1N. The van der Waals surface area contributed by atoms with Gasteiger partial charge in [-0.05, 0) is 38.9 Å². The third-order valence-electron chi connectivity index (χ3n) is 3.72. The van der Waals surface area contributed by atoms with E-state index in [4.69, 9.17) is 10.5 Å². The highest BCUT2D eigenvalue weighted by Crippen LogP contribution is 2.24. The first-order valence-corrected chi connectivity index (χ1v) is 6.79. The number of likely N-dealkylation sites (tertiary alicyclic amines) is 1. The zero-order chi connectivity index (χ0) is 14.5. The van der Waals surface area contributed by atoms with Gasteiger partial charge in [-0.15, -0.1) is 0 Å². The van der Waals surface area contributed by atoms with E-state index >= 15 is 0 Å². The monoisotopic (exact) mass is 279 g/mol. The molecule has 6 nitrogen and oxygen atoms in total. The summed E-state index contributed by atoms with van der Waals surface area (Å²) >= 11 is 0. The maximum atomic E-state index is 11.5. The number of pyridine rings is 1. The number of anilines is 1. The largest absolute Gasteiger partial charge is 0.476 e. The van der Waals surface area contributed by atoms with Crippen LogP contribution in [-0.4, -0.2) is 49.2 Å². The molecular weight excluding hydrogens is 258 g/mol. The van der Waals surface area contributed by atoms with Gasteiger partial charge in [0.2, 0.25) is 5.88 Å². The summed E-state index contributed by atoms with van der Waals surface area (Å²) in [6.45, 7) is 1.68. The summed E-state index contributed by atoms with van der Waals surface area (Å²) in [5.74, 6) is -0.182. The fraction of sp³-hybridized carbons (Fsp3) is 0.571. The van der Waals surface area contributed by atoms with Gasteiger partial charge in [0.1, 0.15) is 5.69 Å². The van der Waals surface area contributed by atoms with Crippen LogP contribution in [0.25, 0.3) is 0 Å². The number of rotatable bonds is 5. The molecule has 2 heterocycles. The van der Waals surface area contributed by atoms with E-state index in [0.29, 0.717) is 18.5 Å². The Hall–Kier alpha value is -1.82. The second-order valence-electron chi connectivity index (χ2n) is 4.98. The average Bonchev–Trinajstić information content (AvgIpc) is 2.85. The smallest absolute Gasteiger partial charge is 0.340 e. The number of hydrogen-bond donors (Lipinski definition) is 1. The lowest BCUT2D eigenvalue weighted by Crippen LogP contribution is -2.26. The van der Waals surface area contributed by atoms with Crippen LogP contribution in [0.5, 0.6) is 5.88 Å². The van der Waals surface area contributed by atoms with E-state index in [2.05, 4.69) is 21.7 Å². The Morgan fingerprint density at radius 1 is 1.60 bits per heavy atom. The van der Waals surface area contributed by atoms with Crippen molar-refractivity contribution in [1.29, 1.82) is 0 Å². The molecule has 0 aliphatic carbocycles. The Bertz CT molecular complexity index is 479. The molecule has 1 atom stereocenters. The number of hydrogen-bond acceptors (Lipinski definition) is 6. The molecule has 6 heteroatoms. The molecule has 0 saturated carbocycles. The Kier molecular flexibility index (Phi) is 4.79. The van der Waals surface area contributed by atoms with E-state index in [1.165, 1.54) is 32.2 Å². The molecule has 0 bridgehead atoms. The van der Waals surface area contributed by atoms with Crippen LogP contribution in [0.15, 0.2) is 12.3 Å². The third-order valence-corrected chi connectivity index (χ3v) is 3.72. The summed E-state index contributed by atoms with van der Waals surface area (Å²) < 4.78 is 10.3. The molecular formula is C14H21N3O3. The molecule has 0 radical (unpaired) electrons. The van der Waals surface area contributed by atoms with E-state index < -0.39 is 5.97 Å². The zero-order valence-corrected chi connectivity index (χ0v) is 12.0. The predicted molar refractivity (Wildman–Crippen MR) is 75.8 cm³/mol. The molecule has 20 heavy (non-hydrogen) atoms. The Balaban J connectivity index is 1.94. The minimum Gasteiger partial charge on any atom is -0.476 e. The Morgan fingerprint density at radius 3 is 3.05 bits per heavy atom. The quantitative estimate of drug-likeness (QED) is 0.819. The molecule has 0 aromatic carbocycles. The summed E-state index contributed by atoms with van der Waals surface area (Å²) in [6, 6.07) is 2.08. The van der Waals surface area contributed by atoms with Crippen molar-refractivity contribution in [3.8, 4) is 5.88 Å². The van der Waals surface area contributed by atoms with E-state index in [9.17, 15) is 4.79 Å². The molecule has 110 valence electrons. The summed E-state index contributed by atoms with van der Waals surface area (Å²) in [6.07, 6.45) is 4.87. The lowest BCUT2D eigenvalue weighted by atomic mass is 10.1.